The van der Waals surface area contributed by atoms with Crippen molar-refractivity contribution < 1.29 is 19.1 Å². The van der Waals surface area contributed by atoms with E-state index in [1.54, 1.807) is 48.1 Å². The smallest absolute Gasteiger partial charge is 0.262 e. The quantitative estimate of drug-likeness (QED) is 0.191. The van der Waals surface area contributed by atoms with Crippen LogP contribution in [0.25, 0.3) is 10.9 Å². The van der Waals surface area contributed by atoms with Crippen molar-refractivity contribution in [3.05, 3.63) is 94.3 Å². The number of aromatic nitrogens is 2. The zero-order valence-electron chi connectivity index (χ0n) is 23.7. The Morgan fingerprint density at radius 1 is 1.10 bits per heavy atom. The summed E-state index contributed by atoms with van der Waals surface area (Å²) in [6, 6.07) is 21.6. The lowest BCUT2D eigenvalue weighted by atomic mass is 10.1. The molecule has 3 aromatic carbocycles. The van der Waals surface area contributed by atoms with E-state index in [0.29, 0.717) is 46.0 Å². The molecule has 0 saturated carbocycles. The van der Waals surface area contributed by atoms with Crippen molar-refractivity contribution >= 4 is 40.2 Å². The van der Waals surface area contributed by atoms with Gasteiger partial charge in [-0.2, -0.15) is 0 Å². The van der Waals surface area contributed by atoms with Crippen LogP contribution in [0.1, 0.15) is 42.1 Å². The van der Waals surface area contributed by atoms with Gasteiger partial charge < -0.3 is 20.1 Å². The Labute approximate surface area is 248 Å². The summed E-state index contributed by atoms with van der Waals surface area (Å²) in [6.07, 6.45) is 2.56. The topological polar surface area (TPSA) is 112 Å². The first-order valence-electron chi connectivity index (χ1n) is 14.1. The Morgan fingerprint density at radius 2 is 1.86 bits per heavy atom. The summed E-state index contributed by atoms with van der Waals surface area (Å²) in [5.74, 6) is 0.194. The highest BCUT2D eigenvalue weighted by Crippen LogP contribution is 2.29. The van der Waals surface area contributed by atoms with Crippen molar-refractivity contribution in [2.45, 2.75) is 49.2 Å². The highest BCUT2D eigenvalue weighted by Gasteiger charge is 2.23. The number of para-hydroxylation sites is 3. The van der Waals surface area contributed by atoms with Gasteiger partial charge in [-0.15, -0.1) is 0 Å². The van der Waals surface area contributed by atoms with E-state index >= 15 is 0 Å². The fraction of sp³-hybridized carbons (Fsp3) is 0.312. The van der Waals surface area contributed by atoms with E-state index in [2.05, 4.69) is 10.6 Å². The van der Waals surface area contributed by atoms with Crippen LogP contribution in [-0.4, -0.2) is 53.0 Å². The standard InChI is InChI=1S/C32H34N4O5S/c1-3-28(30(38)34-26-12-6-7-13-27(26)40-2)42-32-35-25-11-5-4-10-24(25)31(39)36(32)20-21-14-16-22(17-15-21)29(37)33-19-23-9-8-18-41-23/h4-7,10-17,23,28H,3,8-9,18-20H2,1-2H3,(H,33,37)(H,34,38)/t23-,28-/m0/s1. The second-order valence-electron chi connectivity index (χ2n) is 10.0. The van der Waals surface area contributed by atoms with E-state index in [-0.39, 0.29) is 30.0 Å². The van der Waals surface area contributed by atoms with Gasteiger partial charge in [-0.25, -0.2) is 4.98 Å². The molecule has 4 aromatic rings. The van der Waals surface area contributed by atoms with Crippen LogP contribution in [0, 0.1) is 0 Å². The maximum absolute atomic E-state index is 13.7. The molecule has 1 saturated heterocycles. The van der Waals surface area contributed by atoms with Gasteiger partial charge in [0.15, 0.2) is 5.16 Å². The van der Waals surface area contributed by atoms with Gasteiger partial charge in [-0.05, 0) is 61.2 Å². The number of anilines is 1. The third-order valence-corrected chi connectivity index (χ3v) is 8.53. The zero-order chi connectivity index (χ0) is 29.5. The predicted octanol–water partition coefficient (Wildman–Crippen LogP) is 4.87. The Hall–Kier alpha value is -4.15. The monoisotopic (exact) mass is 586 g/mol. The number of methoxy groups -OCH3 is 1. The van der Waals surface area contributed by atoms with Crippen LogP contribution < -0.4 is 20.9 Å². The molecule has 2 amide bonds. The Balaban J connectivity index is 1.37. The number of carbonyl (C=O) groups is 2. The molecule has 9 nitrogen and oxygen atoms in total. The normalized spacial score (nSPS) is 15.3. The Kier molecular flexibility index (Phi) is 9.55. The van der Waals surface area contributed by atoms with Crippen molar-refractivity contribution in [3.63, 3.8) is 0 Å². The molecule has 2 N–H and O–H groups in total. The summed E-state index contributed by atoms with van der Waals surface area (Å²) in [5, 5.41) is 6.32. The van der Waals surface area contributed by atoms with Crippen LogP contribution >= 0.6 is 11.8 Å². The minimum atomic E-state index is -0.510. The largest absolute Gasteiger partial charge is 0.495 e. The van der Waals surface area contributed by atoms with E-state index < -0.39 is 5.25 Å². The van der Waals surface area contributed by atoms with Gasteiger partial charge in [0.05, 0.1) is 41.6 Å². The number of nitrogens with one attached hydrogen (secondary N) is 2. The second kappa shape index (κ2) is 13.7. The maximum Gasteiger partial charge on any atom is 0.262 e. The number of carbonyl (C=O) groups excluding carboxylic acids is 2. The molecule has 10 heteroatoms. The average molecular weight is 587 g/mol. The lowest BCUT2D eigenvalue weighted by Gasteiger charge is -2.19. The minimum Gasteiger partial charge on any atom is -0.495 e. The average Bonchev–Trinajstić information content (AvgIpc) is 3.55. The molecular weight excluding hydrogens is 552 g/mol. The lowest BCUT2D eigenvalue weighted by molar-refractivity contribution is -0.115. The molecule has 0 radical (unpaired) electrons. The number of benzene rings is 3. The number of thioether (sulfide) groups is 1. The van der Waals surface area contributed by atoms with Crippen molar-refractivity contribution in [2.24, 2.45) is 0 Å². The zero-order valence-corrected chi connectivity index (χ0v) is 24.5. The third kappa shape index (κ3) is 6.83. The van der Waals surface area contributed by atoms with Crippen LogP contribution in [0.4, 0.5) is 5.69 Å². The van der Waals surface area contributed by atoms with E-state index in [1.165, 1.54) is 11.8 Å². The Bertz CT molecular complexity index is 1620. The van der Waals surface area contributed by atoms with E-state index in [0.717, 1.165) is 25.0 Å². The molecule has 218 valence electrons. The van der Waals surface area contributed by atoms with Gasteiger partial charge >= 0.3 is 0 Å². The lowest BCUT2D eigenvalue weighted by Crippen LogP contribution is -2.31. The van der Waals surface area contributed by atoms with Crippen LogP contribution in [0.15, 0.2) is 82.7 Å². The van der Waals surface area contributed by atoms with Gasteiger partial charge in [0.25, 0.3) is 11.5 Å². The number of amides is 2. The molecule has 0 aliphatic carbocycles. The number of nitrogens with zero attached hydrogens (tertiary/aromatic N) is 2. The Morgan fingerprint density at radius 3 is 2.60 bits per heavy atom. The molecule has 42 heavy (non-hydrogen) atoms. The number of hydrogen-bond acceptors (Lipinski definition) is 7. The molecule has 2 atom stereocenters. The summed E-state index contributed by atoms with van der Waals surface area (Å²) in [5.41, 5.74) is 2.32. The summed E-state index contributed by atoms with van der Waals surface area (Å²) in [4.78, 5) is 44.4. The van der Waals surface area contributed by atoms with Crippen LogP contribution in [0.3, 0.4) is 0 Å². The summed E-state index contributed by atoms with van der Waals surface area (Å²) in [7, 11) is 1.55. The molecule has 1 aliphatic heterocycles. The number of fused-ring (bicyclic) bond motifs is 1. The van der Waals surface area contributed by atoms with Gasteiger partial charge in [0.2, 0.25) is 5.91 Å². The van der Waals surface area contributed by atoms with E-state index in [9.17, 15) is 14.4 Å². The first-order chi connectivity index (χ1) is 20.5. The van der Waals surface area contributed by atoms with E-state index in [1.807, 2.05) is 43.3 Å². The van der Waals surface area contributed by atoms with Crippen molar-refractivity contribution in [1.82, 2.24) is 14.9 Å². The molecule has 1 aliphatic rings. The summed E-state index contributed by atoms with van der Waals surface area (Å²) >= 11 is 1.25. The van der Waals surface area contributed by atoms with Crippen molar-refractivity contribution in [2.75, 3.05) is 25.6 Å². The van der Waals surface area contributed by atoms with Gasteiger partial charge in [0.1, 0.15) is 5.75 Å². The third-order valence-electron chi connectivity index (χ3n) is 7.17. The highest BCUT2D eigenvalue weighted by atomic mass is 32.2. The fourth-order valence-electron chi connectivity index (χ4n) is 4.85. The SMILES string of the molecule is CC[C@H](Sc1nc2ccccc2c(=O)n1Cc1ccc(C(=O)NC[C@@H]2CCCO2)cc1)C(=O)Nc1ccccc1OC. The molecule has 1 fully saturated rings. The van der Waals surface area contributed by atoms with Crippen molar-refractivity contribution in [1.29, 1.82) is 0 Å². The highest BCUT2D eigenvalue weighted by molar-refractivity contribution is 8.00. The molecule has 0 spiro atoms. The summed E-state index contributed by atoms with van der Waals surface area (Å²) in [6.45, 7) is 3.39. The van der Waals surface area contributed by atoms with E-state index in [4.69, 9.17) is 14.5 Å². The molecule has 1 aromatic heterocycles. The molecule has 0 bridgehead atoms. The minimum absolute atomic E-state index is 0.0696. The van der Waals surface area contributed by atoms with Crippen LogP contribution in [0.5, 0.6) is 5.75 Å². The number of ether oxygens (including phenoxy) is 2. The van der Waals surface area contributed by atoms with Crippen LogP contribution in [0.2, 0.25) is 0 Å². The van der Waals surface area contributed by atoms with Gasteiger partial charge in [-0.1, -0.05) is 55.1 Å². The predicted molar refractivity (Wildman–Crippen MR) is 164 cm³/mol. The first kappa shape index (κ1) is 29.3. The fourth-order valence-corrected chi connectivity index (χ4v) is 5.86. The van der Waals surface area contributed by atoms with Crippen LogP contribution in [-0.2, 0) is 16.1 Å². The molecule has 2 heterocycles. The second-order valence-corrected chi connectivity index (χ2v) is 11.2. The maximum atomic E-state index is 13.7. The van der Waals surface area contributed by atoms with Crippen molar-refractivity contribution in [3.8, 4) is 5.75 Å². The van der Waals surface area contributed by atoms with Gasteiger partial charge in [0, 0.05) is 18.7 Å². The molecule has 0 unspecified atom stereocenters. The summed E-state index contributed by atoms with van der Waals surface area (Å²) < 4.78 is 12.6. The molecular formula is C32H34N4O5S. The first-order valence-corrected chi connectivity index (χ1v) is 14.9. The number of rotatable bonds is 11. The van der Waals surface area contributed by atoms with Gasteiger partial charge in [-0.3, -0.25) is 19.0 Å². The number of hydrogen-bond donors (Lipinski definition) is 2. The molecule has 5 rings (SSSR count).